The van der Waals surface area contributed by atoms with Crippen molar-refractivity contribution in [3.8, 4) is 5.75 Å². The lowest BCUT2D eigenvalue weighted by atomic mass is 10.1. The van der Waals surface area contributed by atoms with E-state index in [1.165, 1.54) is 13.3 Å². The van der Waals surface area contributed by atoms with Crippen molar-refractivity contribution in [2.75, 3.05) is 17.1 Å². The van der Waals surface area contributed by atoms with Crippen molar-refractivity contribution in [3.63, 3.8) is 0 Å². The fourth-order valence-corrected chi connectivity index (χ4v) is 3.52. The van der Waals surface area contributed by atoms with Crippen molar-refractivity contribution in [3.05, 3.63) is 41.6 Å². The maximum Gasteiger partial charge on any atom is 0.265 e. The van der Waals surface area contributed by atoms with Crippen LogP contribution in [0.2, 0.25) is 0 Å². The molecule has 0 aliphatic heterocycles. The zero-order valence-corrected chi connectivity index (χ0v) is 16.1. The Morgan fingerprint density at radius 2 is 1.88 bits per heavy atom. The van der Waals surface area contributed by atoms with E-state index in [0.717, 1.165) is 17.5 Å². The van der Waals surface area contributed by atoms with Crippen LogP contribution in [0.15, 0.2) is 35.4 Å². The average Bonchev–Trinajstić information content (AvgIpc) is 2.58. The van der Waals surface area contributed by atoms with Gasteiger partial charge in [-0.05, 0) is 62.6 Å². The fourth-order valence-electron chi connectivity index (χ4n) is 2.24. The van der Waals surface area contributed by atoms with Gasteiger partial charge in [0.25, 0.3) is 10.0 Å². The molecular formula is C18H25N3O3S. The molecule has 0 spiro atoms. The van der Waals surface area contributed by atoms with Crippen LogP contribution in [0.25, 0.3) is 0 Å². The second kappa shape index (κ2) is 7.74. The number of pyridine rings is 1. The zero-order valence-electron chi connectivity index (χ0n) is 15.3. The summed E-state index contributed by atoms with van der Waals surface area (Å²) in [5.74, 6) is 1.03. The molecule has 0 fully saturated rings. The molecule has 2 rings (SSSR count). The largest absolute Gasteiger partial charge is 0.495 e. The second-order valence-electron chi connectivity index (χ2n) is 6.08. The van der Waals surface area contributed by atoms with E-state index < -0.39 is 10.0 Å². The highest BCUT2D eigenvalue weighted by Crippen LogP contribution is 2.29. The second-order valence-corrected chi connectivity index (χ2v) is 7.73. The molecule has 0 aliphatic rings. The molecule has 136 valence electrons. The molecule has 25 heavy (non-hydrogen) atoms. The van der Waals surface area contributed by atoms with Gasteiger partial charge in [-0.3, -0.25) is 4.72 Å². The molecule has 0 saturated heterocycles. The molecule has 0 bridgehead atoms. The number of anilines is 2. The topological polar surface area (TPSA) is 80.3 Å². The maximum absolute atomic E-state index is 12.7. The Bertz CT molecular complexity index is 833. The van der Waals surface area contributed by atoms with Gasteiger partial charge in [-0.15, -0.1) is 0 Å². The minimum Gasteiger partial charge on any atom is -0.495 e. The number of hydrogen-bond acceptors (Lipinski definition) is 5. The van der Waals surface area contributed by atoms with Gasteiger partial charge in [-0.2, -0.15) is 0 Å². The molecule has 0 radical (unpaired) electrons. The summed E-state index contributed by atoms with van der Waals surface area (Å²) in [5.41, 5.74) is 2.25. The summed E-state index contributed by atoms with van der Waals surface area (Å²) in [5, 5.41) is 3.24. The Kier molecular flexibility index (Phi) is 5.89. The Labute approximate surface area is 149 Å². The molecule has 0 amide bonds. The van der Waals surface area contributed by atoms with Crippen LogP contribution < -0.4 is 14.8 Å². The lowest BCUT2D eigenvalue weighted by molar-refractivity contribution is 0.402. The molecule has 2 aromatic rings. The Hall–Kier alpha value is -2.28. The first-order valence-electron chi connectivity index (χ1n) is 8.17. The molecule has 1 heterocycles. The lowest BCUT2D eigenvalue weighted by Crippen LogP contribution is -2.16. The number of sulfonamides is 1. The van der Waals surface area contributed by atoms with Gasteiger partial charge in [0, 0.05) is 6.04 Å². The molecule has 2 N–H and O–H groups in total. The summed E-state index contributed by atoms with van der Waals surface area (Å²) in [6, 6.07) is 7.07. The average molecular weight is 363 g/mol. The number of benzene rings is 1. The van der Waals surface area contributed by atoms with Gasteiger partial charge in [0.1, 0.15) is 16.5 Å². The maximum atomic E-state index is 12.7. The van der Waals surface area contributed by atoms with Crippen molar-refractivity contribution in [1.29, 1.82) is 0 Å². The van der Waals surface area contributed by atoms with Gasteiger partial charge in [0.2, 0.25) is 0 Å². The number of hydrogen-bond donors (Lipinski definition) is 2. The Balaban J connectivity index is 2.26. The third-order valence-electron chi connectivity index (χ3n) is 4.09. The Morgan fingerprint density at radius 1 is 1.20 bits per heavy atom. The number of methoxy groups -OCH3 is 1. The first-order chi connectivity index (χ1) is 11.8. The van der Waals surface area contributed by atoms with Crippen LogP contribution >= 0.6 is 0 Å². The number of nitrogens with zero attached hydrogens (tertiary/aromatic N) is 1. The van der Waals surface area contributed by atoms with Crippen molar-refractivity contribution in [2.45, 2.75) is 45.1 Å². The van der Waals surface area contributed by atoms with Gasteiger partial charge in [-0.25, -0.2) is 13.4 Å². The summed E-state index contributed by atoms with van der Waals surface area (Å²) >= 11 is 0. The van der Waals surface area contributed by atoms with Gasteiger partial charge >= 0.3 is 0 Å². The normalized spacial score (nSPS) is 12.5. The number of nitrogens with one attached hydrogen (secondary N) is 2. The van der Waals surface area contributed by atoms with E-state index in [2.05, 4.69) is 28.9 Å². The standard InChI is InChI=1S/C18H25N3O3S/c1-6-14(4)20-18-8-7-15(11-19-18)21-25(22,23)17-10-13(3)12(2)9-16(17)24-5/h7-11,14,21H,6H2,1-5H3,(H,19,20). The molecule has 1 atom stereocenters. The first kappa shape index (κ1) is 19.1. The monoisotopic (exact) mass is 363 g/mol. The predicted molar refractivity (Wildman–Crippen MR) is 101 cm³/mol. The summed E-state index contributed by atoms with van der Waals surface area (Å²) in [6.45, 7) is 7.92. The van der Waals surface area contributed by atoms with Gasteiger partial charge in [0.05, 0.1) is 19.0 Å². The summed E-state index contributed by atoms with van der Waals surface area (Å²) in [4.78, 5) is 4.36. The number of ether oxygens (including phenoxy) is 1. The SMILES string of the molecule is CCC(C)Nc1ccc(NS(=O)(=O)c2cc(C)c(C)cc2OC)cn1. The molecule has 1 aromatic heterocycles. The zero-order chi connectivity index (χ0) is 18.6. The number of rotatable bonds is 7. The summed E-state index contributed by atoms with van der Waals surface area (Å²) in [6.07, 6.45) is 2.47. The van der Waals surface area contributed by atoms with E-state index >= 15 is 0 Å². The molecule has 1 unspecified atom stereocenters. The van der Waals surface area contributed by atoms with E-state index in [-0.39, 0.29) is 4.90 Å². The first-order valence-corrected chi connectivity index (χ1v) is 9.65. The van der Waals surface area contributed by atoms with Crippen LogP contribution in [-0.4, -0.2) is 26.6 Å². The number of aromatic nitrogens is 1. The van der Waals surface area contributed by atoms with E-state index in [1.54, 1.807) is 24.3 Å². The summed E-state index contributed by atoms with van der Waals surface area (Å²) < 4.78 is 33.2. The highest BCUT2D eigenvalue weighted by atomic mass is 32.2. The van der Waals surface area contributed by atoms with Gasteiger partial charge < -0.3 is 10.1 Å². The lowest BCUT2D eigenvalue weighted by Gasteiger charge is -2.15. The van der Waals surface area contributed by atoms with Gasteiger partial charge in [0.15, 0.2) is 0 Å². The van der Waals surface area contributed by atoms with E-state index in [9.17, 15) is 8.42 Å². The van der Waals surface area contributed by atoms with Crippen molar-refractivity contribution >= 4 is 21.5 Å². The van der Waals surface area contributed by atoms with E-state index in [1.807, 2.05) is 13.8 Å². The minimum absolute atomic E-state index is 0.111. The molecule has 0 saturated carbocycles. The highest BCUT2D eigenvalue weighted by Gasteiger charge is 2.21. The van der Waals surface area contributed by atoms with Crippen molar-refractivity contribution in [2.24, 2.45) is 0 Å². The smallest absolute Gasteiger partial charge is 0.265 e. The third-order valence-corrected chi connectivity index (χ3v) is 5.49. The molecular weight excluding hydrogens is 338 g/mol. The predicted octanol–water partition coefficient (Wildman–Crippen LogP) is 3.72. The van der Waals surface area contributed by atoms with Crippen LogP contribution in [0.5, 0.6) is 5.75 Å². The Morgan fingerprint density at radius 3 is 2.44 bits per heavy atom. The van der Waals surface area contributed by atoms with Crippen molar-refractivity contribution < 1.29 is 13.2 Å². The van der Waals surface area contributed by atoms with E-state index in [4.69, 9.17) is 4.74 Å². The van der Waals surface area contributed by atoms with Crippen LogP contribution in [-0.2, 0) is 10.0 Å². The van der Waals surface area contributed by atoms with Crippen molar-refractivity contribution in [1.82, 2.24) is 4.98 Å². The van der Waals surface area contributed by atoms with E-state index in [0.29, 0.717) is 23.3 Å². The van der Waals surface area contributed by atoms with Crippen LogP contribution in [0.3, 0.4) is 0 Å². The third kappa shape index (κ3) is 4.63. The molecule has 7 heteroatoms. The minimum atomic E-state index is -3.77. The van der Waals surface area contributed by atoms with Crippen LogP contribution in [0, 0.1) is 13.8 Å². The number of aryl methyl sites for hydroxylation is 2. The summed E-state index contributed by atoms with van der Waals surface area (Å²) in [7, 11) is -2.31. The van der Waals surface area contributed by atoms with Crippen LogP contribution in [0.4, 0.5) is 11.5 Å². The molecule has 0 aliphatic carbocycles. The fraction of sp³-hybridized carbons (Fsp3) is 0.389. The van der Waals surface area contributed by atoms with Gasteiger partial charge in [-0.1, -0.05) is 6.92 Å². The molecule has 1 aromatic carbocycles. The quantitative estimate of drug-likeness (QED) is 0.784. The molecule has 6 nitrogen and oxygen atoms in total. The highest BCUT2D eigenvalue weighted by molar-refractivity contribution is 7.92. The van der Waals surface area contributed by atoms with Crippen LogP contribution in [0.1, 0.15) is 31.4 Å².